The third-order valence-corrected chi connectivity index (χ3v) is 5.91. The Kier molecular flexibility index (Phi) is 7.51. The highest BCUT2D eigenvalue weighted by Crippen LogP contribution is 2.33. The molecule has 0 atom stereocenters. The molecule has 194 valence electrons. The van der Waals surface area contributed by atoms with E-state index < -0.39 is 17.8 Å². The molecule has 2 heterocycles. The van der Waals surface area contributed by atoms with Crippen molar-refractivity contribution >= 4 is 23.2 Å². The fourth-order valence-electron chi connectivity index (χ4n) is 3.90. The molecule has 4 rings (SSSR count). The SMILES string of the molecule is C=C(C)N1CCN(c2cc(Oc3ccc(NC(=O)Nc4ccc(C)c(C(F)(F)F)c4)cc3)ncn2)CC1. The van der Waals surface area contributed by atoms with Gasteiger partial charge in [-0.2, -0.15) is 13.2 Å². The van der Waals surface area contributed by atoms with Crippen molar-refractivity contribution in [3.8, 4) is 11.6 Å². The number of nitrogens with one attached hydrogen (secondary N) is 2. The number of nitrogens with zero attached hydrogens (tertiary/aromatic N) is 4. The van der Waals surface area contributed by atoms with Crippen molar-refractivity contribution in [1.82, 2.24) is 14.9 Å². The molecule has 37 heavy (non-hydrogen) atoms. The van der Waals surface area contributed by atoms with E-state index in [9.17, 15) is 18.0 Å². The van der Waals surface area contributed by atoms with Crippen LogP contribution in [0.25, 0.3) is 0 Å². The first kappa shape index (κ1) is 25.8. The molecule has 1 aliphatic rings. The molecule has 3 aromatic rings. The topological polar surface area (TPSA) is 82.6 Å². The fourth-order valence-corrected chi connectivity index (χ4v) is 3.90. The van der Waals surface area contributed by atoms with Gasteiger partial charge in [0.05, 0.1) is 5.56 Å². The maximum atomic E-state index is 13.1. The summed E-state index contributed by atoms with van der Waals surface area (Å²) in [5.41, 5.74) is 0.805. The van der Waals surface area contributed by atoms with Crippen LogP contribution in [0.2, 0.25) is 0 Å². The largest absolute Gasteiger partial charge is 0.439 e. The number of piperazine rings is 1. The number of allylic oxidation sites excluding steroid dienone is 1. The van der Waals surface area contributed by atoms with E-state index in [1.54, 1.807) is 30.3 Å². The number of hydrogen-bond donors (Lipinski definition) is 2. The third kappa shape index (κ3) is 6.69. The van der Waals surface area contributed by atoms with Crippen LogP contribution < -0.4 is 20.3 Å². The van der Waals surface area contributed by atoms with Crippen LogP contribution in [0.3, 0.4) is 0 Å². The van der Waals surface area contributed by atoms with Gasteiger partial charge < -0.3 is 25.2 Å². The maximum Gasteiger partial charge on any atom is 0.416 e. The van der Waals surface area contributed by atoms with Crippen LogP contribution in [0.5, 0.6) is 11.6 Å². The Morgan fingerprint density at radius 1 is 0.973 bits per heavy atom. The van der Waals surface area contributed by atoms with E-state index in [1.807, 2.05) is 6.92 Å². The van der Waals surface area contributed by atoms with E-state index in [0.717, 1.165) is 43.8 Å². The first-order valence-corrected chi connectivity index (χ1v) is 11.6. The Morgan fingerprint density at radius 3 is 2.27 bits per heavy atom. The Hall–Kier alpha value is -4.28. The van der Waals surface area contributed by atoms with Crippen LogP contribution in [0.4, 0.5) is 35.2 Å². The summed E-state index contributed by atoms with van der Waals surface area (Å²) in [5.74, 6) is 1.65. The predicted octanol–water partition coefficient (Wildman–Crippen LogP) is 5.90. The normalized spacial score (nSPS) is 13.8. The molecular formula is C26H27F3N6O2. The molecule has 0 radical (unpaired) electrons. The van der Waals surface area contributed by atoms with Crippen LogP contribution in [0, 0.1) is 6.92 Å². The summed E-state index contributed by atoms with van der Waals surface area (Å²) in [7, 11) is 0. The first-order chi connectivity index (χ1) is 17.6. The number of carbonyl (C=O) groups excluding carboxylic acids is 1. The molecule has 1 saturated heterocycles. The van der Waals surface area contributed by atoms with E-state index in [-0.39, 0.29) is 11.3 Å². The summed E-state index contributed by atoms with van der Waals surface area (Å²) in [4.78, 5) is 25.2. The smallest absolute Gasteiger partial charge is 0.416 e. The van der Waals surface area contributed by atoms with Gasteiger partial charge in [-0.15, -0.1) is 0 Å². The van der Waals surface area contributed by atoms with Crippen molar-refractivity contribution in [2.45, 2.75) is 20.0 Å². The predicted molar refractivity (Wildman–Crippen MR) is 136 cm³/mol. The summed E-state index contributed by atoms with van der Waals surface area (Å²) >= 11 is 0. The van der Waals surface area contributed by atoms with Crippen LogP contribution in [0.15, 0.2) is 67.1 Å². The van der Waals surface area contributed by atoms with Crippen molar-refractivity contribution in [3.63, 3.8) is 0 Å². The second-order valence-corrected chi connectivity index (χ2v) is 8.66. The lowest BCUT2D eigenvalue weighted by molar-refractivity contribution is -0.138. The van der Waals surface area contributed by atoms with Gasteiger partial charge in [0.25, 0.3) is 0 Å². The lowest BCUT2D eigenvalue weighted by Crippen LogP contribution is -2.45. The Balaban J connectivity index is 1.34. The third-order valence-electron chi connectivity index (χ3n) is 5.91. The highest BCUT2D eigenvalue weighted by Gasteiger charge is 2.32. The van der Waals surface area contributed by atoms with Gasteiger partial charge in [0.15, 0.2) is 0 Å². The molecule has 8 nitrogen and oxygen atoms in total. The fraction of sp³-hybridized carbons (Fsp3) is 0.269. The number of anilines is 3. The molecule has 0 saturated carbocycles. The van der Waals surface area contributed by atoms with Gasteiger partial charge in [-0.05, 0) is 55.8 Å². The Labute approximate surface area is 212 Å². The number of rotatable bonds is 6. The quantitative estimate of drug-likeness (QED) is 0.428. The molecule has 0 unspecified atom stereocenters. The monoisotopic (exact) mass is 512 g/mol. The number of benzene rings is 2. The number of aromatic nitrogens is 2. The Morgan fingerprint density at radius 2 is 1.62 bits per heavy atom. The molecule has 0 aliphatic carbocycles. The van der Waals surface area contributed by atoms with Gasteiger partial charge in [0, 0.05) is 49.3 Å². The van der Waals surface area contributed by atoms with Gasteiger partial charge in [-0.3, -0.25) is 0 Å². The molecule has 2 N–H and O–H groups in total. The van der Waals surface area contributed by atoms with E-state index >= 15 is 0 Å². The zero-order chi connectivity index (χ0) is 26.6. The van der Waals surface area contributed by atoms with Crippen molar-refractivity contribution in [1.29, 1.82) is 0 Å². The van der Waals surface area contributed by atoms with E-state index in [4.69, 9.17) is 4.74 Å². The molecule has 1 aliphatic heterocycles. The number of aryl methyl sites for hydroxylation is 1. The number of alkyl halides is 3. The molecule has 0 spiro atoms. The zero-order valence-corrected chi connectivity index (χ0v) is 20.5. The van der Waals surface area contributed by atoms with Gasteiger partial charge in [-0.25, -0.2) is 14.8 Å². The lowest BCUT2D eigenvalue weighted by Gasteiger charge is -2.36. The maximum absolute atomic E-state index is 13.1. The van der Waals surface area contributed by atoms with Gasteiger partial charge in [0.2, 0.25) is 5.88 Å². The second-order valence-electron chi connectivity index (χ2n) is 8.66. The second kappa shape index (κ2) is 10.8. The zero-order valence-electron chi connectivity index (χ0n) is 20.5. The summed E-state index contributed by atoms with van der Waals surface area (Å²) in [6.45, 7) is 10.7. The van der Waals surface area contributed by atoms with Crippen LogP contribution in [-0.4, -0.2) is 47.1 Å². The highest BCUT2D eigenvalue weighted by molar-refractivity contribution is 5.99. The standard InChI is InChI=1S/C26H27F3N6O2/c1-17(2)34-10-12-35(13-11-34)23-15-24(31-16-30-23)37-21-8-6-19(7-9-21)32-25(36)33-20-5-4-18(3)22(14-20)26(27,28)29/h4-9,14-16H,1,10-13H2,2-3H3,(H2,32,33,36). The lowest BCUT2D eigenvalue weighted by atomic mass is 10.1. The van der Waals surface area contributed by atoms with Gasteiger partial charge in [-0.1, -0.05) is 12.6 Å². The first-order valence-electron chi connectivity index (χ1n) is 11.6. The average Bonchev–Trinajstić information content (AvgIpc) is 2.86. The molecular weight excluding hydrogens is 485 g/mol. The van der Waals surface area contributed by atoms with E-state index in [0.29, 0.717) is 17.3 Å². The molecule has 2 amide bonds. The number of ether oxygens (including phenoxy) is 1. The highest BCUT2D eigenvalue weighted by atomic mass is 19.4. The van der Waals surface area contributed by atoms with Crippen molar-refractivity contribution in [3.05, 3.63) is 78.3 Å². The van der Waals surface area contributed by atoms with Gasteiger partial charge >= 0.3 is 12.2 Å². The summed E-state index contributed by atoms with van der Waals surface area (Å²) < 4.78 is 45.2. The molecule has 11 heteroatoms. The number of halogens is 3. The minimum atomic E-state index is -4.50. The van der Waals surface area contributed by atoms with Crippen LogP contribution in [0.1, 0.15) is 18.1 Å². The molecule has 1 aromatic heterocycles. The number of hydrogen-bond acceptors (Lipinski definition) is 6. The summed E-state index contributed by atoms with van der Waals surface area (Å²) in [5, 5.41) is 5.01. The minimum absolute atomic E-state index is 0.0379. The van der Waals surface area contributed by atoms with Crippen LogP contribution in [-0.2, 0) is 6.18 Å². The van der Waals surface area contributed by atoms with Gasteiger partial charge in [0.1, 0.15) is 17.9 Å². The number of urea groups is 1. The summed E-state index contributed by atoms with van der Waals surface area (Å²) in [6, 6.07) is 11.3. The number of amides is 2. The molecule has 2 aromatic carbocycles. The summed E-state index contributed by atoms with van der Waals surface area (Å²) in [6.07, 6.45) is -3.05. The van der Waals surface area contributed by atoms with E-state index in [1.165, 1.54) is 25.4 Å². The molecule has 1 fully saturated rings. The van der Waals surface area contributed by atoms with E-state index in [2.05, 4.69) is 37.0 Å². The Bertz CT molecular complexity index is 1270. The minimum Gasteiger partial charge on any atom is -0.439 e. The molecule has 0 bridgehead atoms. The van der Waals surface area contributed by atoms with Crippen molar-refractivity contribution in [2.75, 3.05) is 41.7 Å². The van der Waals surface area contributed by atoms with Crippen LogP contribution >= 0.6 is 0 Å². The number of carbonyl (C=O) groups is 1. The average molecular weight is 513 g/mol. The van der Waals surface area contributed by atoms with Crippen molar-refractivity contribution < 1.29 is 22.7 Å². The van der Waals surface area contributed by atoms with Crippen molar-refractivity contribution in [2.24, 2.45) is 0 Å².